The fourth-order valence-electron chi connectivity index (χ4n) is 6.59. The van der Waals surface area contributed by atoms with Gasteiger partial charge in [-0.3, -0.25) is 0 Å². The lowest BCUT2D eigenvalue weighted by atomic mass is 9.91. The summed E-state index contributed by atoms with van der Waals surface area (Å²) in [6.07, 6.45) is 24.1. The van der Waals surface area contributed by atoms with Gasteiger partial charge in [-0.05, 0) is 151 Å². The van der Waals surface area contributed by atoms with Crippen molar-refractivity contribution in [1.29, 1.82) is 0 Å². The number of phenols is 2. The number of aryl methyl sites for hydroxylation is 2. The normalized spacial score (nSPS) is 16.8. The Morgan fingerprint density at radius 1 is 0.729 bits per heavy atom. The zero-order valence-electron chi connectivity index (χ0n) is 31.2. The summed E-state index contributed by atoms with van der Waals surface area (Å²) in [4.78, 5) is 0. The van der Waals surface area contributed by atoms with Crippen molar-refractivity contribution in [3.63, 3.8) is 0 Å². The Morgan fingerprint density at radius 2 is 1.29 bits per heavy atom. The predicted octanol–water partition coefficient (Wildman–Crippen LogP) is 13.2. The number of hydrogen-bond acceptors (Lipinski definition) is 4. The third-order valence-electron chi connectivity index (χ3n) is 9.61. The van der Waals surface area contributed by atoms with E-state index in [4.69, 9.17) is 9.15 Å². The first kappa shape index (κ1) is 36.9. The Hall–Kier alpha value is -3.92. The van der Waals surface area contributed by atoms with Crippen molar-refractivity contribution in [1.82, 2.24) is 0 Å². The van der Waals surface area contributed by atoms with Crippen LogP contribution in [0.5, 0.6) is 17.2 Å². The number of ether oxygens (including phenoxy) is 1. The van der Waals surface area contributed by atoms with Gasteiger partial charge in [-0.2, -0.15) is 0 Å². The van der Waals surface area contributed by atoms with E-state index in [1.165, 1.54) is 27.9 Å². The lowest BCUT2D eigenvalue weighted by Gasteiger charge is -2.32. The van der Waals surface area contributed by atoms with E-state index < -0.39 is 5.60 Å². The maximum absolute atomic E-state index is 11.5. The van der Waals surface area contributed by atoms with Crippen molar-refractivity contribution in [2.75, 3.05) is 0 Å². The summed E-state index contributed by atoms with van der Waals surface area (Å²) >= 11 is 0. The molecule has 0 saturated heterocycles. The molecule has 0 saturated carbocycles. The van der Waals surface area contributed by atoms with Crippen molar-refractivity contribution in [2.24, 2.45) is 0 Å². The number of allylic oxidation sites excluding steroid dienone is 10. The molecule has 0 radical (unpaired) electrons. The van der Waals surface area contributed by atoms with Crippen LogP contribution in [0.1, 0.15) is 129 Å². The van der Waals surface area contributed by atoms with E-state index >= 15 is 0 Å². The van der Waals surface area contributed by atoms with E-state index in [9.17, 15) is 10.2 Å². The largest absolute Gasteiger partial charge is 0.508 e. The molecule has 0 bridgehead atoms. The van der Waals surface area contributed by atoms with Gasteiger partial charge in [-0.25, -0.2) is 0 Å². The Balaban J connectivity index is 1.59. The standard InChI is InChI=1S/C44H58O4/c1-28(2)15-11-17-30(5)19-13-20-32(7)22-23-35-37(45)27-33(8)38-39-34(9)40(46)43-36(42(39)47-41(35)38)24-26-44(10,48-43)25-14-21-31(6)18-12-16-29(3)4/h15-16,19,21-22,24,26-27,45-46H,11-14,17-18,20,23,25H2,1-10H3/t44-/m1/s1. The smallest absolute Gasteiger partial charge is 0.173 e. The highest BCUT2D eigenvalue weighted by molar-refractivity contribution is 6.13. The molecule has 4 nitrogen and oxygen atoms in total. The predicted molar refractivity (Wildman–Crippen MR) is 205 cm³/mol. The van der Waals surface area contributed by atoms with Gasteiger partial charge in [0.25, 0.3) is 0 Å². The number of phenolic OH excluding ortho intramolecular Hbond substituents is 2. The zero-order valence-corrected chi connectivity index (χ0v) is 31.2. The molecule has 4 heteroatoms. The van der Waals surface area contributed by atoms with Gasteiger partial charge >= 0.3 is 0 Å². The lowest BCUT2D eigenvalue weighted by molar-refractivity contribution is 0.124. The number of hydrogen-bond donors (Lipinski definition) is 2. The van der Waals surface area contributed by atoms with Gasteiger partial charge < -0.3 is 19.4 Å². The zero-order chi connectivity index (χ0) is 35.2. The monoisotopic (exact) mass is 650 g/mol. The average Bonchev–Trinajstić information content (AvgIpc) is 3.40. The summed E-state index contributed by atoms with van der Waals surface area (Å²) in [6.45, 7) is 21.1. The first-order chi connectivity index (χ1) is 22.7. The third-order valence-corrected chi connectivity index (χ3v) is 9.61. The third kappa shape index (κ3) is 8.95. The van der Waals surface area contributed by atoms with E-state index in [1.54, 1.807) is 0 Å². The molecule has 0 unspecified atom stereocenters. The summed E-state index contributed by atoms with van der Waals surface area (Å²) < 4.78 is 13.2. The molecule has 0 spiro atoms. The summed E-state index contributed by atoms with van der Waals surface area (Å²) in [5.74, 6) is 0.854. The van der Waals surface area contributed by atoms with Crippen LogP contribution in [0.25, 0.3) is 28.0 Å². The van der Waals surface area contributed by atoms with Crippen molar-refractivity contribution >= 4 is 28.0 Å². The number of rotatable bonds is 14. The van der Waals surface area contributed by atoms with Gasteiger partial charge in [0.15, 0.2) is 11.5 Å². The number of aromatic hydroxyl groups is 2. The van der Waals surface area contributed by atoms with Crippen LogP contribution in [0.2, 0.25) is 0 Å². The summed E-state index contributed by atoms with van der Waals surface area (Å²) in [7, 11) is 0. The minimum absolute atomic E-state index is 0.151. The van der Waals surface area contributed by atoms with E-state index in [2.05, 4.69) is 91.8 Å². The summed E-state index contributed by atoms with van der Waals surface area (Å²) in [6, 6.07) is 1.82. The van der Waals surface area contributed by atoms with Gasteiger partial charge in [0.05, 0.1) is 5.56 Å². The van der Waals surface area contributed by atoms with Crippen molar-refractivity contribution in [2.45, 2.75) is 133 Å². The van der Waals surface area contributed by atoms with Crippen LogP contribution in [0, 0.1) is 13.8 Å². The van der Waals surface area contributed by atoms with Crippen molar-refractivity contribution in [3.05, 3.63) is 92.6 Å². The molecule has 1 aromatic heterocycles. The topological polar surface area (TPSA) is 62.8 Å². The molecule has 2 N–H and O–H groups in total. The molecule has 0 amide bonds. The minimum atomic E-state index is -0.547. The fourth-order valence-corrected chi connectivity index (χ4v) is 6.59. The van der Waals surface area contributed by atoms with Crippen LogP contribution in [0.15, 0.2) is 74.8 Å². The quantitative estimate of drug-likeness (QED) is 0.170. The van der Waals surface area contributed by atoms with Gasteiger partial charge in [0, 0.05) is 21.9 Å². The fraction of sp³-hybridized carbons (Fsp3) is 0.455. The molecule has 258 valence electrons. The highest BCUT2D eigenvalue weighted by atomic mass is 16.5. The van der Waals surface area contributed by atoms with E-state index in [0.29, 0.717) is 23.3 Å². The second-order valence-electron chi connectivity index (χ2n) is 14.7. The molecular formula is C44H58O4. The number of benzene rings is 2. The van der Waals surface area contributed by atoms with Crippen LogP contribution in [-0.4, -0.2) is 15.8 Å². The maximum Gasteiger partial charge on any atom is 0.173 e. The molecule has 48 heavy (non-hydrogen) atoms. The molecule has 1 atom stereocenters. The Bertz CT molecular complexity index is 1830. The van der Waals surface area contributed by atoms with E-state index in [-0.39, 0.29) is 11.5 Å². The first-order valence-electron chi connectivity index (χ1n) is 17.8. The molecule has 1 aliphatic rings. The minimum Gasteiger partial charge on any atom is -0.508 e. The van der Waals surface area contributed by atoms with Crippen LogP contribution in [0.4, 0.5) is 0 Å². The lowest BCUT2D eigenvalue weighted by Crippen LogP contribution is -2.31. The van der Waals surface area contributed by atoms with Crippen LogP contribution >= 0.6 is 0 Å². The van der Waals surface area contributed by atoms with Crippen molar-refractivity contribution < 1.29 is 19.4 Å². The molecule has 0 fully saturated rings. The highest BCUT2D eigenvalue weighted by Crippen LogP contribution is 2.50. The molecular weight excluding hydrogens is 592 g/mol. The first-order valence-corrected chi connectivity index (χ1v) is 17.8. The SMILES string of the molecule is CC(C)=CCCC(C)=CCCC(C)=CCc1c(O)cc(C)c2c1oc1c3c(c(O)c(C)c12)O[C@](C)(CCC=C(C)CCC=C(C)C)C=C3. The molecule has 4 rings (SSSR count). The maximum atomic E-state index is 11.5. The second kappa shape index (κ2) is 16.0. The van der Waals surface area contributed by atoms with Crippen LogP contribution < -0.4 is 4.74 Å². The van der Waals surface area contributed by atoms with Gasteiger partial charge in [0.1, 0.15) is 22.5 Å². The molecule has 0 aliphatic carbocycles. The van der Waals surface area contributed by atoms with Gasteiger partial charge in [0.2, 0.25) is 0 Å². The van der Waals surface area contributed by atoms with Crippen LogP contribution in [0.3, 0.4) is 0 Å². The highest BCUT2D eigenvalue weighted by Gasteiger charge is 2.33. The Kier molecular flexibility index (Phi) is 12.3. The van der Waals surface area contributed by atoms with E-state index in [1.807, 2.05) is 26.0 Å². The Morgan fingerprint density at radius 3 is 1.90 bits per heavy atom. The van der Waals surface area contributed by atoms with Crippen molar-refractivity contribution in [3.8, 4) is 17.2 Å². The average molecular weight is 651 g/mol. The summed E-state index contributed by atoms with van der Waals surface area (Å²) in [5.41, 5.74) is 10.8. The van der Waals surface area contributed by atoms with E-state index in [0.717, 1.165) is 84.4 Å². The van der Waals surface area contributed by atoms with Crippen LogP contribution in [-0.2, 0) is 6.42 Å². The Labute approximate surface area is 289 Å². The molecule has 3 aromatic rings. The summed E-state index contributed by atoms with van der Waals surface area (Å²) in [5, 5.41) is 24.4. The number of furan rings is 1. The van der Waals surface area contributed by atoms with Gasteiger partial charge in [-0.1, -0.05) is 58.2 Å². The number of fused-ring (bicyclic) bond motifs is 5. The molecule has 1 aliphatic heterocycles. The second-order valence-corrected chi connectivity index (χ2v) is 14.7. The molecule has 2 heterocycles. The molecule has 2 aromatic carbocycles. The van der Waals surface area contributed by atoms with Gasteiger partial charge in [-0.15, -0.1) is 0 Å².